The highest BCUT2D eigenvalue weighted by molar-refractivity contribution is 5.85. The van der Waals surface area contributed by atoms with Gasteiger partial charge in [0.2, 0.25) is 0 Å². The van der Waals surface area contributed by atoms with E-state index in [-0.39, 0.29) is 24.0 Å². The van der Waals surface area contributed by atoms with Crippen molar-refractivity contribution < 1.29 is 17.6 Å². The number of piperazine rings is 1. The molecule has 0 aliphatic carbocycles. The molecule has 1 saturated heterocycles. The molecule has 0 unspecified atom stereocenters. The number of alkyl halides is 3. The average molecular weight is 313 g/mol. The molecule has 1 fully saturated rings. The molecule has 0 aromatic heterocycles. The predicted octanol–water partition coefficient (Wildman–Crippen LogP) is 3.23. The van der Waals surface area contributed by atoms with Crippen LogP contribution in [0.25, 0.3) is 0 Å². The van der Waals surface area contributed by atoms with Gasteiger partial charge in [-0.15, -0.1) is 12.4 Å². The SMILES string of the molecule is C[C@H](c1ccc(F)cc1C(F)(F)F)N1CCNCC1.Cl. The molecule has 0 bridgehead atoms. The number of halogens is 5. The summed E-state index contributed by atoms with van der Waals surface area (Å²) in [7, 11) is 0. The Balaban J connectivity index is 0.00000200. The summed E-state index contributed by atoms with van der Waals surface area (Å²) < 4.78 is 51.9. The van der Waals surface area contributed by atoms with Crippen LogP contribution in [-0.2, 0) is 6.18 Å². The quantitative estimate of drug-likeness (QED) is 0.844. The van der Waals surface area contributed by atoms with Crippen LogP contribution in [0.2, 0.25) is 0 Å². The predicted molar refractivity (Wildman–Crippen MR) is 71.5 cm³/mol. The first-order valence-corrected chi connectivity index (χ1v) is 6.21. The topological polar surface area (TPSA) is 15.3 Å². The molecule has 0 saturated carbocycles. The molecule has 1 heterocycles. The van der Waals surface area contributed by atoms with E-state index in [9.17, 15) is 17.6 Å². The normalized spacial score (nSPS) is 18.4. The van der Waals surface area contributed by atoms with Gasteiger partial charge >= 0.3 is 6.18 Å². The standard InChI is InChI=1S/C13H16F4N2.ClH/c1-9(19-6-4-18-5-7-19)11-3-2-10(14)8-12(11)13(15,16)17;/h2-3,8-9,18H,4-7H2,1H3;1H/t9-;/m1./s1. The number of nitrogens with zero attached hydrogens (tertiary/aromatic N) is 1. The lowest BCUT2D eigenvalue weighted by Crippen LogP contribution is -2.44. The van der Waals surface area contributed by atoms with Gasteiger partial charge < -0.3 is 5.32 Å². The van der Waals surface area contributed by atoms with E-state index < -0.39 is 17.6 Å². The molecule has 1 N–H and O–H groups in total. The number of benzene rings is 1. The van der Waals surface area contributed by atoms with Crippen molar-refractivity contribution >= 4 is 12.4 Å². The maximum absolute atomic E-state index is 13.1. The Hall–Kier alpha value is -0.850. The zero-order valence-electron chi connectivity index (χ0n) is 11.0. The van der Waals surface area contributed by atoms with E-state index >= 15 is 0 Å². The third kappa shape index (κ3) is 3.84. The summed E-state index contributed by atoms with van der Waals surface area (Å²) in [5, 5.41) is 3.15. The van der Waals surface area contributed by atoms with E-state index in [2.05, 4.69) is 5.32 Å². The zero-order chi connectivity index (χ0) is 14.0. The Bertz CT molecular complexity index is 444. The third-order valence-corrected chi connectivity index (χ3v) is 3.47. The van der Waals surface area contributed by atoms with Gasteiger partial charge in [0.15, 0.2) is 0 Å². The average Bonchev–Trinajstić information content (AvgIpc) is 2.38. The second-order valence-electron chi connectivity index (χ2n) is 4.69. The molecule has 20 heavy (non-hydrogen) atoms. The van der Waals surface area contributed by atoms with Gasteiger partial charge in [0.25, 0.3) is 0 Å². The van der Waals surface area contributed by atoms with Crippen molar-refractivity contribution in [3.63, 3.8) is 0 Å². The van der Waals surface area contributed by atoms with E-state index in [4.69, 9.17) is 0 Å². The lowest BCUT2D eigenvalue weighted by atomic mass is 9.99. The zero-order valence-corrected chi connectivity index (χ0v) is 11.8. The molecule has 114 valence electrons. The minimum Gasteiger partial charge on any atom is -0.314 e. The molecule has 0 radical (unpaired) electrons. The Morgan fingerprint density at radius 3 is 2.35 bits per heavy atom. The van der Waals surface area contributed by atoms with Crippen LogP contribution in [0.15, 0.2) is 18.2 Å². The van der Waals surface area contributed by atoms with E-state index in [0.717, 1.165) is 19.2 Å². The molecule has 1 aromatic carbocycles. The molecule has 0 spiro atoms. The van der Waals surface area contributed by atoms with Crippen molar-refractivity contribution in [2.24, 2.45) is 0 Å². The molecule has 1 aliphatic rings. The summed E-state index contributed by atoms with van der Waals surface area (Å²) in [5.41, 5.74) is -0.741. The monoisotopic (exact) mass is 312 g/mol. The molecular formula is C13H17ClF4N2. The number of rotatable bonds is 2. The second-order valence-corrected chi connectivity index (χ2v) is 4.69. The van der Waals surface area contributed by atoms with Gasteiger partial charge in [0, 0.05) is 32.2 Å². The molecule has 2 nitrogen and oxygen atoms in total. The molecule has 2 rings (SSSR count). The smallest absolute Gasteiger partial charge is 0.314 e. The molecule has 1 aromatic rings. The van der Waals surface area contributed by atoms with Crippen molar-refractivity contribution in [2.75, 3.05) is 26.2 Å². The van der Waals surface area contributed by atoms with Crippen LogP contribution in [0.1, 0.15) is 24.1 Å². The largest absolute Gasteiger partial charge is 0.416 e. The Morgan fingerprint density at radius 2 is 1.80 bits per heavy atom. The van der Waals surface area contributed by atoms with Crippen LogP contribution < -0.4 is 5.32 Å². The molecular weight excluding hydrogens is 296 g/mol. The highest BCUT2D eigenvalue weighted by Crippen LogP contribution is 2.36. The first-order valence-electron chi connectivity index (χ1n) is 6.21. The molecule has 0 amide bonds. The van der Waals surface area contributed by atoms with Crippen molar-refractivity contribution in [2.45, 2.75) is 19.1 Å². The van der Waals surface area contributed by atoms with Crippen LogP contribution in [0.3, 0.4) is 0 Å². The first kappa shape index (κ1) is 17.2. The highest BCUT2D eigenvalue weighted by atomic mass is 35.5. The van der Waals surface area contributed by atoms with E-state index in [1.54, 1.807) is 6.92 Å². The van der Waals surface area contributed by atoms with Gasteiger partial charge in [-0.05, 0) is 24.6 Å². The first-order chi connectivity index (χ1) is 8.89. The molecule has 1 atom stereocenters. The van der Waals surface area contributed by atoms with Crippen LogP contribution in [0.5, 0.6) is 0 Å². The van der Waals surface area contributed by atoms with Crippen molar-refractivity contribution in [3.8, 4) is 0 Å². The lowest BCUT2D eigenvalue weighted by Gasteiger charge is -2.34. The van der Waals surface area contributed by atoms with Crippen LogP contribution in [-0.4, -0.2) is 31.1 Å². The minimum absolute atomic E-state index is 0. The summed E-state index contributed by atoms with van der Waals surface area (Å²) >= 11 is 0. The molecule has 7 heteroatoms. The Morgan fingerprint density at radius 1 is 1.20 bits per heavy atom. The number of hydrogen-bond donors (Lipinski definition) is 1. The number of nitrogens with one attached hydrogen (secondary N) is 1. The van der Waals surface area contributed by atoms with Crippen molar-refractivity contribution in [1.29, 1.82) is 0 Å². The highest BCUT2D eigenvalue weighted by Gasteiger charge is 2.36. The Labute approximate surface area is 121 Å². The van der Waals surface area contributed by atoms with Crippen LogP contribution in [0.4, 0.5) is 17.6 Å². The van der Waals surface area contributed by atoms with Crippen molar-refractivity contribution in [3.05, 3.63) is 35.1 Å². The van der Waals surface area contributed by atoms with Gasteiger partial charge in [0.1, 0.15) is 5.82 Å². The third-order valence-electron chi connectivity index (χ3n) is 3.47. The summed E-state index contributed by atoms with van der Waals surface area (Å²) in [6, 6.07) is 2.53. The second kappa shape index (κ2) is 6.74. The van der Waals surface area contributed by atoms with Gasteiger partial charge in [-0.25, -0.2) is 4.39 Å². The van der Waals surface area contributed by atoms with Crippen LogP contribution >= 0.6 is 12.4 Å². The van der Waals surface area contributed by atoms with Gasteiger partial charge in [-0.2, -0.15) is 13.2 Å². The lowest BCUT2D eigenvalue weighted by molar-refractivity contribution is -0.139. The fourth-order valence-electron chi connectivity index (χ4n) is 2.40. The maximum atomic E-state index is 13.1. The Kier molecular flexibility index (Phi) is 5.79. The summed E-state index contributed by atoms with van der Waals surface area (Å²) in [4.78, 5) is 1.97. The van der Waals surface area contributed by atoms with Gasteiger partial charge in [0.05, 0.1) is 5.56 Å². The summed E-state index contributed by atoms with van der Waals surface area (Å²) in [6.45, 7) is 4.62. The van der Waals surface area contributed by atoms with Crippen molar-refractivity contribution in [1.82, 2.24) is 10.2 Å². The van der Waals surface area contributed by atoms with Gasteiger partial charge in [-0.3, -0.25) is 4.90 Å². The van der Waals surface area contributed by atoms with E-state index in [0.29, 0.717) is 19.2 Å². The fraction of sp³-hybridized carbons (Fsp3) is 0.538. The fourth-order valence-corrected chi connectivity index (χ4v) is 2.40. The van der Waals surface area contributed by atoms with Crippen LogP contribution in [0, 0.1) is 5.82 Å². The maximum Gasteiger partial charge on any atom is 0.416 e. The van der Waals surface area contributed by atoms with E-state index in [1.165, 1.54) is 6.07 Å². The summed E-state index contributed by atoms with van der Waals surface area (Å²) in [6.07, 6.45) is -4.53. The summed E-state index contributed by atoms with van der Waals surface area (Å²) in [5.74, 6) is -0.858. The molecule has 1 aliphatic heterocycles. The van der Waals surface area contributed by atoms with E-state index in [1.807, 2.05) is 4.90 Å². The number of hydrogen-bond acceptors (Lipinski definition) is 2. The van der Waals surface area contributed by atoms with Gasteiger partial charge in [-0.1, -0.05) is 6.07 Å². The minimum atomic E-state index is -4.53.